The minimum atomic E-state index is -4.72. The van der Waals surface area contributed by atoms with Crippen molar-refractivity contribution < 1.29 is 27.8 Å². The number of aromatic nitrogens is 5. The standard InChI is InChI=1S/C22H26F4N8O2/c1-12(2)34-15-7-18(28-8-13(15)19(31-34)33-10-21(36,11-33)22(24,25)26)29-17-3-5-27-20(30-17)32-6-4-16(35)14(23)9-32/h3,5,7-8,12,14,16,35-36H,4,6,9-11H2,1-2H3,(H,27,28,29,30)/t14-,16+/m1/s1. The maximum Gasteiger partial charge on any atom is 0.420 e. The van der Waals surface area contributed by atoms with Gasteiger partial charge in [-0.3, -0.25) is 4.68 Å². The molecule has 14 heteroatoms. The maximum absolute atomic E-state index is 13.9. The molecule has 2 saturated heterocycles. The molecular formula is C22H26F4N8O2. The molecule has 0 aliphatic carbocycles. The van der Waals surface area contributed by atoms with Crippen LogP contribution in [0.25, 0.3) is 10.9 Å². The van der Waals surface area contributed by atoms with E-state index in [0.717, 1.165) is 0 Å². The van der Waals surface area contributed by atoms with Crippen molar-refractivity contribution in [1.29, 1.82) is 0 Å². The third-order valence-electron chi connectivity index (χ3n) is 6.48. The van der Waals surface area contributed by atoms with Gasteiger partial charge in [0.25, 0.3) is 0 Å². The zero-order valence-electron chi connectivity index (χ0n) is 19.6. The molecule has 3 N–H and O–H groups in total. The number of fused-ring (bicyclic) bond motifs is 1. The monoisotopic (exact) mass is 510 g/mol. The normalized spacial score (nSPS) is 22.2. The summed E-state index contributed by atoms with van der Waals surface area (Å²) in [5, 5.41) is 27.6. The Balaban J connectivity index is 1.39. The molecule has 10 nitrogen and oxygen atoms in total. The van der Waals surface area contributed by atoms with Gasteiger partial charge >= 0.3 is 6.18 Å². The summed E-state index contributed by atoms with van der Waals surface area (Å²) in [6, 6.07) is 3.26. The molecule has 36 heavy (non-hydrogen) atoms. The number of hydrogen-bond acceptors (Lipinski definition) is 9. The number of anilines is 4. The first kappa shape index (κ1) is 24.4. The first-order valence-corrected chi connectivity index (χ1v) is 11.5. The van der Waals surface area contributed by atoms with Crippen molar-refractivity contribution in [3.63, 3.8) is 0 Å². The van der Waals surface area contributed by atoms with E-state index in [1.165, 1.54) is 17.3 Å². The van der Waals surface area contributed by atoms with Gasteiger partial charge in [-0.25, -0.2) is 14.4 Å². The van der Waals surface area contributed by atoms with Crippen LogP contribution in [0, 0.1) is 0 Å². The Hall–Kier alpha value is -3.26. The van der Waals surface area contributed by atoms with Crippen molar-refractivity contribution in [2.24, 2.45) is 0 Å². The van der Waals surface area contributed by atoms with Gasteiger partial charge in [0.2, 0.25) is 5.95 Å². The Morgan fingerprint density at radius 2 is 1.92 bits per heavy atom. The minimum Gasteiger partial charge on any atom is -0.390 e. The largest absolute Gasteiger partial charge is 0.420 e. The van der Waals surface area contributed by atoms with Crippen LogP contribution in [0.5, 0.6) is 0 Å². The summed E-state index contributed by atoms with van der Waals surface area (Å²) in [6.07, 6.45) is -3.76. The SMILES string of the molecule is CC(C)n1nc(N2CC(O)(C(F)(F)F)C2)c2cnc(Nc3ccnc(N4CC[C@H](O)[C@H](F)C4)n3)cc21. The zero-order valence-corrected chi connectivity index (χ0v) is 19.6. The molecule has 194 valence electrons. The predicted molar refractivity (Wildman–Crippen MR) is 124 cm³/mol. The van der Waals surface area contributed by atoms with E-state index in [2.05, 4.69) is 25.4 Å². The highest BCUT2D eigenvalue weighted by atomic mass is 19.4. The fraction of sp³-hybridized carbons (Fsp3) is 0.545. The Kier molecular flexibility index (Phi) is 5.90. The van der Waals surface area contributed by atoms with Crippen molar-refractivity contribution in [2.75, 3.05) is 41.3 Å². The molecular weight excluding hydrogens is 484 g/mol. The number of rotatable bonds is 5. The van der Waals surface area contributed by atoms with Crippen molar-refractivity contribution in [3.8, 4) is 0 Å². The molecule has 2 atom stereocenters. The molecule has 0 aromatic carbocycles. The topological polar surface area (TPSA) is 115 Å². The second-order valence-corrected chi connectivity index (χ2v) is 9.52. The minimum absolute atomic E-state index is 0.00879. The number of aliphatic hydroxyl groups excluding tert-OH is 1. The Morgan fingerprint density at radius 3 is 2.58 bits per heavy atom. The predicted octanol–water partition coefficient (Wildman–Crippen LogP) is 2.57. The molecule has 3 aromatic rings. The van der Waals surface area contributed by atoms with Crippen LogP contribution >= 0.6 is 0 Å². The molecule has 0 amide bonds. The van der Waals surface area contributed by atoms with Crippen LogP contribution in [0.15, 0.2) is 24.5 Å². The fourth-order valence-corrected chi connectivity index (χ4v) is 4.40. The molecule has 5 rings (SSSR count). The van der Waals surface area contributed by atoms with Crippen LogP contribution in [0.4, 0.5) is 41.0 Å². The van der Waals surface area contributed by atoms with Gasteiger partial charge in [0.05, 0.1) is 36.6 Å². The van der Waals surface area contributed by atoms with E-state index >= 15 is 0 Å². The summed E-state index contributed by atoms with van der Waals surface area (Å²) in [5.41, 5.74) is -2.10. The molecule has 2 aliphatic heterocycles. The van der Waals surface area contributed by atoms with Gasteiger partial charge in [-0.2, -0.15) is 23.3 Å². The van der Waals surface area contributed by atoms with E-state index in [4.69, 9.17) is 0 Å². The number of nitrogens with zero attached hydrogens (tertiary/aromatic N) is 7. The average Bonchev–Trinajstić information content (AvgIpc) is 3.17. The highest BCUT2D eigenvalue weighted by Gasteiger charge is 2.61. The van der Waals surface area contributed by atoms with Crippen LogP contribution < -0.4 is 15.1 Å². The lowest BCUT2D eigenvalue weighted by molar-refractivity contribution is -0.267. The van der Waals surface area contributed by atoms with Gasteiger partial charge in [0, 0.05) is 31.0 Å². The number of piperidine rings is 1. The van der Waals surface area contributed by atoms with Crippen molar-refractivity contribution in [1.82, 2.24) is 24.7 Å². The molecule has 5 heterocycles. The van der Waals surface area contributed by atoms with E-state index in [9.17, 15) is 27.8 Å². The Bertz CT molecular complexity index is 1260. The molecule has 0 bridgehead atoms. The Labute approximate surface area is 203 Å². The van der Waals surface area contributed by atoms with Crippen molar-refractivity contribution >= 4 is 34.3 Å². The second kappa shape index (κ2) is 8.69. The van der Waals surface area contributed by atoms with Crippen LogP contribution in [-0.2, 0) is 0 Å². The smallest absolute Gasteiger partial charge is 0.390 e. The number of aliphatic hydroxyl groups is 2. The molecule has 0 radical (unpaired) electrons. The molecule has 2 fully saturated rings. The third-order valence-corrected chi connectivity index (χ3v) is 6.48. The summed E-state index contributed by atoms with van der Waals surface area (Å²) in [5.74, 6) is 1.49. The number of pyridine rings is 1. The van der Waals surface area contributed by atoms with Gasteiger partial charge in [0.1, 0.15) is 17.8 Å². The molecule has 0 unspecified atom stereocenters. The third kappa shape index (κ3) is 4.28. The molecule has 2 aliphatic rings. The molecule has 0 spiro atoms. The van der Waals surface area contributed by atoms with Gasteiger partial charge in [-0.05, 0) is 26.3 Å². The summed E-state index contributed by atoms with van der Waals surface area (Å²) < 4.78 is 54.9. The lowest BCUT2D eigenvalue weighted by Gasteiger charge is -2.47. The van der Waals surface area contributed by atoms with E-state index in [-0.39, 0.29) is 19.0 Å². The first-order chi connectivity index (χ1) is 16.9. The molecule has 0 saturated carbocycles. The quantitative estimate of drug-likeness (QED) is 0.446. The number of halogens is 4. The van der Waals surface area contributed by atoms with Crippen molar-refractivity contribution in [2.45, 2.75) is 50.4 Å². The number of alkyl halides is 4. The lowest BCUT2D eigenvalue weighted by Crippen LogP contribution is -2.69. The summed E-state index contributed by atoms with van der Waals surface area (Å²) in [6.45, 7) is 3.01. The van der Waals surface area contributed by atoms with E-state index in [1.54, 1.807) is 21.7 Å². The van der Waals surface area contributed by atoms with E-state index in [1.807, 2.05) is 13.8 Å². The fourth-order valence-electron chi connectivity index (χ4n) is 4.40. The summed E-state index contributed by atoms with van der Waals surface area (Å²) in [7, 11) is 0. The van der Waals surface area contributed by atoms with Crippen LogP contribution in [0.1, 0.15) is 26.3 Å². The lowest BCUT2D eigenvalue weighted by atomic mass is 9.93. The highest BCUT2D eigenvalue weighted by molar-refractivity contribution is 5.92. The Morgan fingerprint density at radius 1 is 1.17 bits per heavy atom. The highest BCUT2D eigenvalue weighted by Crippen LogP contribution is 2.41. The number of nitrogens with one attached hydrogen (secondary N) is 1. The van der Waals surface area contributed by atoms with Gasteiger partial charge in [0.15, 0.2) is 11.4 Å². The second-order valence-electron chi connectivity index (χ2n) is 9.52. The van der Waals surface area contributed by atoms with Crippen molar-refractivity contribution in [3.05, 3.63) is 24.5 Å². The number of β-amino-alcohol motifs (C(OH)–C–C–N with tert-alkyl or cyclic N) is 1. The van der Waals surface area contributed by atoms with Crippen LogP contribution in [0.3, 0.4) is 0 Å². The van der Waals surface area contributed by atoms with Gasteiger partial charge < -0.3 is 25.3 Å². The zero-order chi connectivity index (χ0) is 25.8. The number of hydrogen-bond donors (Lipinski definition) is 3. The van der Waals surface area contributed by atoms with E-state index < -0.39 is 37.1 Å². The first-order valence-electron chi connectivity index (χ1n) is 11.5. The van der Waals surface area contributed by atoms with E-state index in [0.29, 0.717) is 40.8 Å². The average molecular weight is 510 g/mol. The van der Waals surface area contributed by atoms with Gasteiger partial charge in [-0.1, -0.05) is 0 Å². The summed E-state index contributed by atoms with van der Waals surface area (Å²) in [4.78, 5) is 16.1. The van der Waals surface area contributed by atoms with Gasteiger partial charge in [-0.15, -0.1) is 0 Å². The van der Waals surface area contributed by atoms with Crippen LogP contribution in [0.2, 0.25) is 0 Å². The van der Waals surface area contributed by atoms with Crippen LogP contribution in [-0.4, -0.2) is 85.2 Å². The maximum atomic E-state index is 13.9. The summed E-state index contributed by atoms with van der Waals surface area (Å²) >= 11 is 0. The molecule has 3 aromatic heterocycles.